The first-order valence-electron chi connectivity index (χ1n) is 12.8. The molecule has 43 heavy (non-hydrogen) atoms. The lowest BCUT2D eigenvalue weighted by atomic mass is 9.76. The van der Waals surface area contributed by atoms with Gasteiger partial charge in [0, 0.05) is 30.3 Å². The summed E-state index contributed by atoms with van der Waals surface area (Å²) in [6.07, 6.45) is -5.32. The molecule has 0 atom stereocenters. The van der Waals surface area contributed by atoms with Gasteiger partial charge in [-0.15, -0.1) is 10.2 Å². The Morgan fingerprint density at radius 1 is 0.860 bits per heavy atom. The number of fused-ring (bicyclic) bond motifs is 2. The largest absolute Gasteiger partial charge is 0.490 e. The number of rotatable bonds is 3. The molecule has 2 aromatic heterocycles. The zero-order valence-electron chi connectivity index (χ0n) is 22.7. The number of aliphatic carboxylic acids is 2. The lowest BCUT2D eigenvalue weighted by molar-refractivity contribution is -0.193. The highest BCUT2D eigenvalue weighted by Crippen LogP contribution is 2.41. The van der Waals surface area contributed by atoms with Gasteiger partial charge >= 0.3 is 24.3 Å². The molecule has 2 aliphatic heterocycles. The highest BCUT2D eigenvalue weighted by Gasteiger charge is 2.44. The van der Waals surface area contributed by atoms with Crippen molar-refractivity contribution < 1.29 is 46.1 Å². The normalized spacial score (nSPS) is 15.9. The van der Waals surface area contributed by atoms with Crippen LogP contribution in [0.25, 0.3) is 11.3 Å². The highest BCUT2D eigenvalue weighted by atomic mass is 19.4. The number of pyridine rings is 1. The van der Waals surface area contributed by atoms with Crippen molar-refractivity contribution in [1.82, 2.24) is 24.6 Å². The van der Waals surface area contributed by atoms with Crippen molar-refractivity contribution in [2.45, 2.75) is 57.0 Å². The van der Waals surface area contributed by atoms with E-state index in [1.807, 2.05) is 54.1 Å². The van der Waals surface area contributed by atoms with Crippen molar-refractivity contribution in [3.63, 3.8) is 0 Å². The van der Waals surface area contributed by atoms with E-state index in [4.69, 9.17) is 19.8 Å². The van der Waals surface area contributed by atoms with Crippen LogP contribution in [0.3, 0.4) is 0 Å². The van der Waals surface area contributed by atoms with Crippen molar-refractivity contribution in [1.29, 1.82) is 0 Å². The molecule has 16 heteroatoms. The zero-order chi connectivity index (χ0) is 32.0. The van der Waals surface area contributed by atoms with Crippen molar-refractivity contribution in [3.8, 4) is 11.3 Å². The number of benzene rings is 1. The number of aromatic nitrogens is 4. The number of likely N-dealkylation sites (tertiary alicyclic amines) is 1. The molecule has 0 saturated carbocycles. The van der Waals surface area contributed by atoms with Crippen LogP contribution in [0.2, 0.25) is 0 Å². The molecule has 1 aromatic carbocycles. The molecule has 2 N–H and O–H groups in total. The van der Waals surface area contributed by atoms with Crippen LogP contribution >= 0.6 is 0 Å². The Hall–Kier alpha value is -4.34. The van der Waals surface area contributed by atoms with E-state index in [1.54, 1.807) is 0 Å². The first kappa shape index (κ1) is 33.2. The minimum Gasteiger partial charge on any atom is -0.475 e. The average molecular weight is 616 g/mol. The summed E-state index contributed by atoms with van der Waals surface area (Å²) in [5.41, 5.74) is 3.55. The number of carboxylic acid groups (broad SMARTS) is 2. The van der Waals surface area contributed by atoms with Gasteiger partial charge in [0.05, 0.1) is 5.69 Å². The summed E-state index contributed by atoms with van der Waals surface area (Å²) in [4.78, 5) is 37.8. The van der Waals surface area contributed by atoms with Crippen LogP contribution in [0.4, 0.5) is 26.3 Å². The Labute approximate surface area is 240 Å². The van der Waals surface area contributed by atoms with Gasteiger partial charge in [-0.25, -0.2) is 9.59 Å². The fourth-order valence-electron chi connectivity index (χ4n) is 4.68. The fraction of sp³-hybridized carbons (Fsp3) is 0.407. The maximum Gasteiger partial charge on any atom is 0.490 e. The van der Waals surface area contributed by atoms with Gasteiger partial charge in [-0.2, -0.15) is 26.3 Å². The van der Waals surface area contributed by atoms with Crippen LogP contribution in [0.15, 0.2) is 53.5 Å². The Morgan fingerprint density at radius 2 is 1.40 bits per heavy atom. The second-order valence-electron chi connectivity index (χ2n) is 9.93. The molecular formula is C27H27F6N5O5. The second-order valence-corrected chi connectivity index (χ2v) is 9.93. The number of carboxylic acids is 2. The molecule has 1 spiro atoms. The Bertz CT molecular complexity index is 1440. The quantitative estimate of drug-likeness (QED) is 0.415. The third kappa shape index (κ3) is 8.59. The van der Waals surface area contributed by atoms with Crippen LogP contribution in [0.5, 0.6) is 0 Å². The van der Waals surface area contributed by atoms with Crippen LogP contribution in [-0.2, 0) is 28.1 Å². The first-order chi connectivity index (χ1) is 20.0. The standard InChI is InChI=1S/C23H25N5O.2C2HF3O2/c1-17-5-7-18(8-6-17)20-21(29)28-15-11-23(22(28)26-25-20)9-13-27(14-10-23)16-19-4-2-3-12-24-19;2*3-2(4,5)1(6)7/h2-8,12H,9-11,13-16H2,1H3;2*(H,6,7). The lowest BCUT2D eigenvalue weighted by Gasteiger charge is -2.38. The lowest BCUT2D eigenvalue weighted by Crippen LogP contribution is -2.42. The average Bonchev–Trinajstić information content (AvgIpc) is 3.30. The number of piperidine rings is 1. The number of halogens is 6. The van der Waals surface area contributed by atoms with E-state index in [1.165, 1.54) is 5.56 Å². The molecule has 0 amide bonds. The number of aryl methyl sites for hydroxylation is 1. The number of hydrogen-bond donors (Lipinski definition) is 2. The molecule has 2 aliphatic rings. The summed E-state index contributed by atoms with van der Waals surface area (Å²) in [5, 5.41) is 23.2. The molecule has 0 radical (unpaired) electrons. The Morgan fingerprint density at radius 3 is 1.88 bits per heavy atom. The molecule has 3 aromatic rings. The molecular weight excluding hydrogens is 588 g/mol. The summed E-state index contributed by atoms with van der Waals surface area (Å²) in [6.45, 7) is 5.64. The highest BCUT2D eigenvalue weighted by molar-refractivity contribution is 5.73. The smallest absolute Gasteiger partial charge is 0.475 e. The van der Waals surface area contributed by atoms with E-state index in [0.29, 0.717) is 5.69 Å². The topological polar surface area (TPSA) is 139 Å². The summed E-state index contributed by atoms with van der Waals surface area (Å²) in [7, 11) is 0. The van der Waals surface area contributed by atoms with Gasteiger partial charge in [-0.1, -0.05) is 35.9 Å². The number of nitrogens with zero attached hydrogens (tertiary/aromatic N) is 5. The van der Waals surface area contributed by atoms with Gasteiger partial charge in [-0.05, 0) is 51.4 Å². The number of carbonyl (C=O) groups is 2. The summed E-state index contributed by atoms with van der Waals surface area (Å²) >= 11 is 0. The first-order valence-corrected chi connectivity index (χ1v) is 12.8. The Kier molecular flexibility index (Phi) is 10.3. The molecule has 0 unspecified atom stereocenters. The molecule has 232 valence electrons. The van der Waals surface area contributed by atoms with Crippen molar-refractivity contribution in [2.75, 3.05) is 13.1 Å². The van der Waals surface area contributed by atoms with Crippen LogP contribution in [0, 0.1) is 6.92 Å². The van der Waals surface area contributed by atoms with E-state index in [-0.39, 0.29) is 11.0 Å². The van der Waals surface area contributed by atoms with Gasteiger partial charge in [0.25, 0.3) is 5.56 Å². The van der Waals surface area contributed by atoms with E-state index in [9.17, 15) is 31.1 Å². The van der Waals surface area contributed by atoms with Crippen LogP contribution in [-0.4, -0.2) is 72.2 Å². The van der Waals surface area contributed by atoms with Gasteiger partial charge in [0.1, 0.15) is 5.82 Å². The minimum atomic E-state index is -5.08. The van der Waals surface area contributed by atoms with Crippen molar-refractivity contribution >= 4 is 11.9 Å². The van der Waals surface area contributed by atoms with Crippen molar-refractivity contribution in [2.24, 2.45) is 0 Å². The maximum atomic E-state index is 13.1. The predicted octanol–water partition coefficient (Wildman–Crippen LogP) is 4.21. The van der Waals surface area contributed by atoms with E-state index >= 15 is 0 Å². The molecule has 0 bridgehead atoms. The minimum absolute atomic E-state index is 0.00774. The SMILES string of the molecule is Cc1ccc(-c2nnc3n(c2=O)CCC32CCN(Cc3ccccn3)CC2)cc1.O=C(O)C(F)(F)F.O=C(O)C(F)(F)F. The number of hydrogen-bond acceptors (Lipinski definition) is 7. The molecule has 10 nitrogen and oxygen atoms in total. The monoisotopic (exact) mass is 615 g/mol. The molecule has 1 saturated heterocycles. The van der Waals surface area contributed by atoms with E-state index < -0.39 is 24.3 Å². The van der Waals surface area contributed by atoms with Crippen LogP contribution < -0.4 is 5.56 Å². The third-order valence-electron chi connectivity index (χ3n) is 6.97. The summed E-state index contributed by atoms with van der Waals surface area (Å²) < 4.78 is 65.3. The molecule has 5 rings (SSSR count). The van der Waals surface area contributed by atoms with Gasteiger partial charge < -0.3 is 10.2 Å². The molecule has 1 fully saturated rings. The fourth-order valence-corrected chi connectivity index (χ4v) is 4.68. The summed E-state index contributed by atoms with van der Waals surface area (Å²) in [6, 6.07) is 14.0. The zero-order valence-corrected chi connectivity index (χ0v) is 22.7. The van der Waals surface area contributed by atoms with Crippen molar-refractivity contribution in [3.05, 3.63) is 76.1 Å². The van der Waals surface area contributed by atoms with E-state index in [2.05, 4.69) is 26.1 Å². The van der Waals surface area contributed by atoms with Gasteiger partial charge in [-0.3, -0.25) is 19.2 Å². The molecule has 4 heterocycles. The predicted molar refractivity (Wildman–Crippen MR) is 139 cm³/mol. The molecule has 0 aliphatic carbocycles. The summed E-state index contributed by atoms with van der Waals surface area (Å²) in [5.74, 6) is -4.63. The van der Waals surface area contributed by atoms with Gasteiger partial charge in [0.2, 0.25) is 0 Å². The Balaban J connectivity index is 0.000000303. The second kappa shape index (κ2) is 13.3. The number of alkyl halides is 6. The van der Waals surface area contributed by atoms with Crippen LogP contribution in [0.1, 0.15) is 36.3 Å². The third-order valence-corrected chi connectivity index (χ3v) is 6.97. The van der Waals surface area contributed by atoms with E-state index in [0.717, 1.165) is 62.5 Å². The maximum absolute atomic E-state index is 13.1. The van der Waals surface area contributed by atoms with Gasteiger partial charge in [0.15, 0.2) is 5.69 Å².